The van der Waals surface area contributed by atoms with E-state index in [0.717, 1.165) is 29.0 Å². The summed E-state index contributed by atoms with van der Waals surface area (Å²) < 4.78 is 24.2. The first-order valence-corrected chi connectivity index (χ1v) is 6.91. The predicted octanol–water partition coefficient (Wildman–Crippen LogP) is 3.62. The minimum Gasteiger partial charge on any atom is -0.496 e. The van der Waals surface area contributed by atoms with Crippen LogP contribution in [0.1, 0.15) is 12.5 Å². The molecule has 3 nitrogen and oxygen atoms in total. The van der Waals surface area contributed by atoms with Gasteiger partial charge in [-0.25, -0.2) is 4.39 Å². The lowest BCUT2D eigenvalue weighted by Gasteiger charge is -2.13. The number of nitrogens with one attached hydrogen (secondary N) is 1. The quantitative estimate of drug-likeness (QED) is 0.881. The molecule has 0 aliphatic carbocycles. The zero-order valence-electron chi connectivity index (χ0n) is 12.6. The molecule has 0 heterocycles. The Bertz CT molecular complexity index is 614. The molecule has 0 fully saturated rings. The molecule has 2 rings (SSSR count). The summed E-state index contributed by atoms with van der Waals surface area (Å²) in [5.74, 6) is 1.18. The highest BCUT2D eigenvalue weighted by atomic mass is 19.1. The molecule has 0 amide bonds. The topological polar surface area (TPSA) is 30.5 Å². The van der Waals surface area contributed by atoms with Gasteiger partial charge in [-0.2, -0.15) is 0 Å². The van der Waals surface area contributed by atoms with Crippen molar-refractivity contribution in [2.75, 3.05) is 20.8 Å². The van der Waals surface area contributed by atoms with Crippen LogP contribution in [-0.2, 0) is 6.54 Å². The van der Waals surface area contributed by atoms with Crippen molar-refractivity contribution >= 4 is 0 Å². The summed E-state index contributed by atoms with van der Waals surface area (Å²) in [6, 6.07) is 10.3. The molecule has 2 aromatic rings. The van der Waals surface area contributed by atoms with E-state index in [9.17, 15) is 4.39 Å². The van der Waals surface area contributed by atoms with Gasteiger partial charge in [0.1, 0.15) is 17.3 Å². The lowest BCUT2D eigenvalue weighted by atomic mass is 10.0. The van der Waals surface area contributed by atoms with Gasteiger partial charge in [-0.1, -0.05) is 13.0 Å². The van der Waals surface area contributed by atoms with Gasteiger partial charge in [0.2, 0.25) is 0 Å². The van der Waals surface area contributed by atoms with Gasteiger partial charge >= 0.3 is 0 Å². The van der Waals surface area contributed by atoms with Crippen LogP contribution in [-0.4, -0.2) is 20.8 Å². The zero-order valence-corrected chi connectivity index (χ0v) is 12.6. The van der Waals surface area contributed by atoms with Crippen LogP contribution in [0, 0.1) is 5.82 Å². The Morgan fingerprint density at radius 2 is 1.71 bits per heavy atom. The summed E-state index contributed by atoms with van der Waals surface area (Å²) in [7, 11) is 3.23. The molecule has 0 bridgehead atoms. The molecule has 0 aliphatic heterocycles. The van der Waals surface area contributed by atoms with Crippen molar-refractivity contribution in [3.63, 3.8) is 0 Å². The van der Waals surface area contributed by atoms with Crippen LogP contribution in [0.5, 0.6) is 11.5 Å². The number of hydrogen-bond acceptors (Lipinski definition) is 3. The van der Waals surface area contributed by atoms with Crippen molar-refractivity contribution in [3.8, 4) is 22.6 Å². The number of benzene rings is 2. The van der Waals surface area contributed by atoms with Gasteiger partial charge in [-0.15, -0.1) is 0 Å². The van der Waals surface area contributed by atoms with Crippen LogP contribution in [0.2, 0.25) is 0 Å². The molecule has 0 aromatic heterocycles. The zero-order chi connectivity index (χ0) is 15.2. The third-order valence-electron chi connectivity index (χ3n) is 3.32. The molecule has 1 N–H and O–H groups in total. The first kappa shape index (κ1) is 15.3. The average molecular weight is 289 g/mol. The Hall–Kier alpha value is -2.07. The Balaban J connectivity index is 2.46. The summed E-state index contributed by atoms with van der Waals surface area (Å²) in [6.45, 7) is 3.62. The second-order valence-corrected chi connectivity index (χ2v) is 4.65. The van der Waals surface area contributed by atoms with Crippen LogP contribution in [0.4, 0.5) is 4.39 Å². The number of hydrogen-bond donors (Lipinski definition) is 1. The summed E-state index contributed by atoms with van der Waals surface area (Å²) in [5.41, 5.74) is 2.67. The third kappa shape index (κ3) is 3.52. The van der Waals surface area contributed by atoms with E-state index in [0.29, 0.717) is 12.3 Å². The smallest absolute Gasteiger partial charge is 0.126 e. The van der Waals surface area contributed by atoms with E-state index >= 15 is 0 Å². The standard InChI is InChI=1S/C17H20FNO2/c1-4-19-11-13-9-12(5-7-16(13)20-2)15-10-14(18)6-8-17(15)21-3/h5-10,19H,4,11H2,1-3H3. The molecular weight excluding hydrogens is 269 g/mol. The van der Waals surface area contributed by atoms with Crippen molar-refractivity contribution in [1.29, 1.82) is 0 Å². The highest BCUT2D eigenvalue weighted by molar-refractivity contribution is 5.72. The fourth-order valence-electron chi connectivity index (χ4n) is 2.25. The number of methoxy groups -OCH3 is 2. The van der Waals surface area contributed by atoms with Crippen LogP contribution in [0.3, 0.4) is 0 Å². The van der Waals surface area contributed by atoms with E-state index in [2.05, 4.69) is 5.32 Å². The summed E-state index contributed by atoms with van der Waals surface area (Å²) in [5, 5.41) is 3.27. The maximum Gasteiger partial charge on any atom is 0.126 e. The number of rotatable bonds is 6. The minimum atomic E-state index is -0.283. The first-order chi connectivity index (χ1) is 10.2. The van der Waals surface area contributed by atoms with Gasteiger partial charge in [-0.3, -0.25) is 0 Å². The Morgan fingerprint density at radius 3 is 2.38 bits per heavy atom. The highest BCUT2D eigenvalue weighted by Crippen LogP contribution is 2.33. The van der Waals surface area contributed by atoms with Gasteiger partial charge in [0.05, 0.1) is 14.2 Å². The van der Waals surface area contributed by atoms with E-state index < -0.39 is 0 Å². The lowest BCUT2D eigenvalue weighted by Crippen LogP contribution is -2.12. The van der Waals surface area contributed by atoms with Crippen LogP contribution in [0.25, 0.3) is 11.1 Å². The molecule has 21 heavy (non-hydrogen) atoms. The Labute approximate surface area is 124 Å². The van der Waals surface area contributed by atoms with Gasteiger partial charge in [0.25, 0.3) is 0 Å². The van der Waals surface area contributed by atoms with E-state index in [-0.39, 0.29) is 5.82 Å². The van der Waals surface area contributed by atoms with Crippen molar-refractivity contribution in [2.24, 2.45) is 0 Å². The van der Waals surface area contributed by atoms with Crippen molar-refractivity contribution in [2.45, 2.75) is 13.5 Å². The Kier molecular flexibility index (Phi) is 5.17. The minimum absolute atomic E-state index is 0.283. The monoisotopic (exact) mass is 289 g/mol. The second kappa shape index (κ2) is 7.09. The Morgan fingerprint density at radius 1 is 1.00 bits per heavy atom. The van der Waals surface area contributed by atoms with Crippen molar-refractivity contribution in [3.05, 3.63) is 47.8 Å². The maximum atomic E-state index is 13.5. The molecule has 0 aliphatic rings. The van der Waals surface area contributed by atoms with Gasteiger partial charge in [0, 0.05) is 17.7 Å². The van der Waals surface area contributed by atoms with E-state index in [1.807, 2.05) is 25.1 Å². The van der Waals surface area contributed by atoms with Crippen LogP contribution < -0.4 is 14.8 Å². The summed E-state index contributed by atoms with van der Waals surface area (Å²) in [4.78, 5) is 0. The van der Waals surface area contributed by atoms with Crippen molar-refractivity contribution in [1.82, 2.24) is 5.32 Å². The number of ether oxygens (including phenoxy) is 2. The normalized spacial score (nSPS) is 10.5. The predicted molar refractivity (Wildman–Crippen MR) is 82.3 cm³/mol. The molecule has 112 valence electrons. The van der Waals surface area contributed by atoms with Gasteiger partial charge in [0.15, 0.2) is 0 Å². The second-order valence-electron chi connectivity index (χ2n) is 4.65. The molecule has 0 unspecified atom stereocenters. The summed E-state index contributed by atoms with van der Waals surface area (Å²) in [6.07, 6.45) is 0. The maximum absolute atomic E-state index is 13.5. The molecular formula is C17H20FNO2. The summed E-state index contributed by atoms with van der Waals surface area (Å²) >= 11 is 0. The lowest BCUT2D eigenvalue weighted by molar-refractivity contribution is 0.408. The largest absolute Gasteiger partial charge is 0.496 e. The van der Waals surface area contributed by atoms with Crippen LogP contribution in [0.15, 0.2) is 36.4 Å². The van der Waals surface area contributed by atoms with E-state index in [1.165, 1.54) is 12.1 Å². The van der Waals surface area contributed by atoms with E-state index in [4.69, 9.17) is 9.47 Å². The molecule has 0 spiro atoms. The SMILES string of the molecule is CCNCc1cc(-c2cc(F)ccc2OC)ccc1OC. The van der Waals surface area contributed by atoms with Crippen LogP contribution >= 0.6 is 0 Å². The third-order valence-corrected chi connectivity index (χ3v) is 3.32. The van der Waals surface area contributed by atoms with E-state index in [1.54, 1.807) is 20.3 Å². The fourth-order valence-corrected chi connectivity index (χ4v) is 2.25. The van der Waals surface area contributed by atoms with Gasteiger partial charge in [-0.05, 0) is 42.4 Å². The molecule has 0 saturated heterocycles. The van der Waals surface area contributed by atoms with Gasteiger partial charge < -0.3 is 14.8 Å². The average Bonchev–Trinajstić information content (AvgIpc) is 2.52. The van der Waals surface area contributed by atoms with Crippen molar-refractivity contribution < 1.29 is 13.9 Å². The fraction of sp³-hybridized carbons (Fsp3) is 0.294. The first-order valence-electron chi connectivity index (χ1n) is 6.91. The molecule has 2 aromatic carbocycles. The number of halogens is 1. The molecule has 0 atom stereocenters. The highest BCUT2D eigenvalue weighted by Gasteiger charge is 2.10. The molecule has 0 saturated carbocycles. The molecule has 0 radical (unpaired) electrons. The molecule has 4 heteroatoms.